The van der Waals surface area contributed by atoms with Crippen LogP contribution in [0.2, 0.25) is 0 Å². The van der Waals surface area contributed by atoms with Gasteiger partial charge in [0.1, 0.15) is 0 Å². The lowest BCUT2D eigenvalue weighted by molar-refractivity contribution is -0.00591. The first kappa shape index (κ1) is 22.3. The lowest BCUT2D eigenvalue weighted by Gasteiger charge is -2.57. The number of nitrogens with one attached hydrogen (secondary N) is 1. The number of carbonyl (C=O) groups is 2. The van der Waals surface area contributed by atoms with E-state index in [9.17, 15) is 9.59 Å². The topological polar surface area (TPSA) is 55.4 Å². The second-order valence-electron chi connectivity index (χ2n) is 11.1. The van der Waals surface area contributed by atoms with Crippen molar-refractivity contribution in [2.75, 3.05) is 13.7 Å². The summed E-state index contributed by atoms with van der Waals surface area (Å²) in [5.74, 6) is 2.14. The fraction of sp³-hybridized carbons (Fsp3) is 0.419. The molecule has 4 fully saturated rings. The van der Waals surface area contributed by atoms with Crippen LogP contribution in [0, 0.1) is 17.8 Å². The Balaban J connectivity index is 1.41. The van der Waals surface area contributed by atoms with Gasteiger partial charge in [-0.3, -0.25) is 4.79 Å². The molecule has 180 valence electrons. The SMILES string of the molecule is CCNC(=O)c1ccc2cc(-c3ccc(C(=O)OC)c(C45CC6CC(CC(C6)C4)C5)c3)ccc2c1. The number of rotatable bonds is 5. The van der Waals surface area contributed by atoms with Crippen molar-refractivity contribution in [3.8, 4) is 11.1 Å². The van der Waals surface area contributed by atoms with Crippen LogP contribution in [0.4, 0.5) is 0 Å². The molecule has 0 radical (unpaired) electrons. The van der Waals surface area contributed by atoms with E-state index in [0.29, 0.717) is 12.1 Å². The molecule has 0 spiro atoms. The summed E-state index contributed by atoms with van der Waals surface area (Å²) in [5, 5.41) is 5.01. The van der Waals surface area contributed by atoms with E-state index < -0.39 is 0 Å². The Hall–Kier alpha value is -3.14. The van der Waals surface area contributed by atoms with Crippen molar-refractivity contribution in [2.45, 2.75) is 50.9 Å². The molecule has 4 heteroatoms. The average Bonchev–Trinajstić information content (AvgIpc) is 2.86. The smallest absolute Gasteiger partial charge is 0.338 e. The molecule has 0 saturated heterocycles. The Labute approximate surface area is 207 Å². The molecule has 4 aliphatic carbocycles. The van der Waals surface area contributed by atoms with Crippen molar-refractivity contribution < 1.29 is 14.3 Å². The van der Waals surface area contributed by atoms with Crippen LogP contribution >= 0.6 is 0 Å². The van der Waals surface area contributed by atoms with Crippen LogP contribution < -0.4 is 5.32 Å². The van der Waals surface area contributed by atoms with Gasteiger partial charge in [0.05, 0.1) is 12.7 Å². The quantitative estimate of drug-likeness (QED) is 0.435. The van der Waals surface area contributed by atoms with Gasteiger partial charge in [0.25, 0.3) is 5.91 Å². The van der Waals surface area contributed by atoms with Crippen molar-refractivity contribution in [3.05, 3.63) is 71.3 Å². The first-order chi connectivity index (χ1) is 17.0. The lowest BCUT2D eigenvalue weighted by Crippen LogP contribution is -2.49. The molecule has 0 unspecified atom stereocenters. The number of hydrogen-bond donors (Lipinski definition) is 1. The zero-order valence-corrected chi connectivity index (χ0v) is 20.6. The number of carbonyl (C=O) groups excluding carboxylic acids is 2. The zero-order chi connectivity index (χ0) is 24.2. The summed E-state index contributed by atoms with van der Waals surface area (Å²) in [6.45, 7) is 2.54. The number of esters is 1. The van der Waals surface area contributed by atoms with Gasteiger partial charge in [-0.15, -0.1) is 0 Å². The van der Waals surface area contributed by atoms with E-state index in [1.807, 2.05) is 31.2 Å². The van der Waals surface area contributed by atoms with E-state index in [1.54, 1.807) is 0 Å². The second-order valence-corrected chi connectivity index (χ2v) is 11.1. The molecule has 4 saturated carbocycles. The van der Waals surface area contributed by atoms with Crippen LogP contribution in [0.3, 0.4) is 0 Å². The van der Waals surface area contributed by atoms with Gasteiger partial charge in [-0.05, 0) is 126 Å². The van der Waals surface area contributed by atoms with Crippen molar-refractivity contribution in [1.29, 1.82) is 0 Å². The number of hydrogen-bond acceptors (Lipinski definition) is 3. The van der Waals surface area contributed by atoms with E-state index in [-0.39, 0.29) is 17.3 Å². The van der Waals surface area contributed by atoms with E-state index >= 15 is 0 Å². The molecule has 1 N–H and O–H groups in total. The molecule has 0 heterocycles. The molecule has 0 aromatic heterocycles. The number of amides is 1. The Morgan fingerprint density at radius 1 is 0.857 bits per heavy atom. The van der Waals surface area contributed by atoms with Crippen molar-refractivity contribution in [1.82, 2.24) is 5.32 Å². The minimum atomic E-state index is -0.223. The standard InChI is InChI=1S/C31H33NO3/c1-3-32-29(33)26-7-6-22-13-23(4-5-24(22)14-26)25-8-9-27(30(34)35-2)28(15-25)31-16-19-10-20(17-31)12-21(11-19)18-31/h4-9,13-15,19-21H,3,10-12,16-18H2,1-2H3,(H,32,33). The third-order valence-electron chi connectivity index (χ3n) is 8.81. The highest BCUT2D eigenvalue weighted by atomic mass is 16.5. The maximum absolute atomic E-state index is 12.8. The van der Waals surface area contributed by atoms with Crippen molar-refractivity contribution in [2.24, 2.45) is 17.8 Å². The van der Waals surface area contributed by atoms with E-state index in [4.69, 9.17) is 4.74 Å². The zero-order valence-electron chi connectivity index (χ0n) is 20.6. The van der Waals surface area contributed by atoms with Crippen LogP contribution in [-0.2, 0) is 10.2 Å². The molecule has 0 atom stereocenters. The van der Waals surface area contributed by atoms with Gasteiger partial charge in [0.2, 0.25) is 0 Å². The first-order valence-corrected chi connectivity index (χ1v) is 13.0. The fourth-order valence-electron chi connectivity index (χ4n) is 7.72. The van der Waals surface area contributed by atoms with Gasteiger partial charge in [0, 0.05) is 12.1 Å². The van der Waals surface area contributed by atoms with Crippen LogP contribution in [-0.4, -0.2) is 25.5 Å². The predicted molar refractivity (Wildman–Crippen MR) is 139 cm³/mol. The molecule has 4 bridgehead atoms. The molecule has 0 aliphatic heterocycles. The highest BCUT2D eigenvalue weighted by Crippen LogP contribution is 2.61. The molecule has 4 aliphatic rings. The van der Waals surface area contributed by atoms with Crippen molar-refractivity contribution >= 4 is 22.6 Å². The maximum atomic E-state index is 12.8. The molecule has 1 amide bonds. The molecule has 3 aromatic carbocycles. The number of methoxy groups -OCH3 is 1. The van der Waals surface area contributed by atoms with Crippen LogP contribution in [0.15, 0.2) is 54.6 Å². The highest BCUT2D eigenvalue weighted by molar-refractivity contribution is 5.99. The largest absolute Gasteiger partial charge is 0.465 e. The molecule has 4 nitrogen and oxygen atoms in total. The van der Waals surface area contributed by atoms with Crippen LogP contribution in [0.25, 0.3) is 21.9 Å². The van der Waals surface area contributed by atoms with E-state index in [0.717, 1.165) is 45.2 Å². The summed E-state index contributed by atoms with van der Waals surface area (Å²) >= 11 is 0. The molecule has 3 aromatic rings. The Morgan fingerprint density at radius 2 is 1.46 bits per heavy atom. The third-order valence-corrected chi connectivity index (χ3v) is 8.81. The molecular formula is C31H33NO3. The monoisotopic (exact) mass is 467 g/mol. The van der Waals surface area contributed by atoms with Gasteiger partial charge in [0.15, 0.2) is 0 Å². The first-order valence-electron chi connectivity index (χ1n) is 13.0. The highest BCUT2D eigenvalue weighted by Gasteiger charge is 2.52. The maximum Gasteiger partial charge on any atom is 0.338 e. The fourth-order valence-corrected chi connectivity index (χ4v) is 7.72. The minimum absolute atomic E-state index is 0.0444. The Bertz CT molecular complexity index is 1290. The van der Waals surface area contributed by atoms with Crippen LogP contribution in [0.5, 0.6) is 0 Å². The van der Waals surface area contributed by atoms with E-state index in [1.165, 1.54) is 51.2 Å². The Morgan fingerprint density at radius 3 is 2.11 bits per heavy atom. The summed E-state index contributed by atoms with van der Waals surface area (Å²) in [6, 6.07) is 18.6. The van der Waals surface area contributed by atoms with Crippen molar-refractivity contribution in [3.63, 3.8) is 0 Å². The third kappa shape index (κ3) is 3.84. The molecular weight excluding hydrogens is 434 g/mol. The van der Waals surface area contributed by atoms with Gasteiger partial charge < -0.3 is 10.1 Å². The summed E-state index contributed by atoms with van der Waals surface area (Å²) < 4.78 is 5.22. The van der Waals surface area contributed by atoms with E-state index in [2.05, 4.69) is 35.6 Å². The summed E-state index contributed by atoms with van der Waals surface area (Å²) in [5.41, 5.74) is 4.99. The van der Waals surface area contributed by atoms with Gasteiger partial charge >= 0.3 is 5.97 Å². The van der Waals surface area contributed by atoms with Gasteiger partial charge in [-0.1, -0.05) is 24.3 Å². The molecule has 35 heavy (non-hydrogen) atoms. The number of fused-ring (bicyclic) bond motifs is 1. The average molecular weight is 468 g/mol. The van der Waals surface area contributed by atoms with Gasteiger partial charge in [-0.2, -0.15) is 0 Å². The minimum Gasteiger partial charge on any atom is -0.465 e. The summed E-state index contributed by atoms with van der Waals surface area (Å²) in [7, 11) is 1.48. The second kappa shape index (κ2) is 8.51. The predicted octanol–water partition coefficient (Wildman–Crippen LogP) is 6.51. The normalized spacial score (nSPS) is 26.6. The lowest BCUT2D eigenvalue weighted by atomic mass is 9.47. The number of benzene rings is 3. The van der Waals surface area contributed by atoms with Gasteiger partial charge in [-0.25, -0.2) is 4.79 Å². The molecule has 7 rings (SSSR count). The number of ether oxygens (including phenoxy) is 1. The Kier molecular flexibility index (Phi) is 5.43. The summed E-state index contributed by atoms with van der Waals surface area (Å²) in [4.78, 5) is 25.1. The van der Waals surface area contributed by atoms with Crippen LogP contribution in [0.1, 0.15) is 71.7 Å². The summed E-state index contributed by atoms with van der Waals surface area (Å²) in [6.07, 6.45) is 7.71.